The summed E-state index contributed by atoms with van der Waals surface area (Å²) in [4.78, 5) is 23.7. The van der Waals surface area contributed by atoms with Crippen molar-refractivity contribution in [2.45, 2.75) is 27.7 Å². The van der Waals surface area contributed by atoms with Gasteiger partial charge in [0.15, 0.2) is 0 Å². The molecule has 114 valence electrons. The number of carbonyl (C=O) groups is 2. The molecular formula is C16H24Na2O4. The largest absolute Gasteiger partial charge is 1.00 e. The summed E-state index contributed by atoms with van der Waals surface area (Å²) in [5.74, 6) is -2.43. The van der Waals surface area contributed by atoms with Crippen LogP contribution in [0.25, 0.3) is 0 Å². The fourth-order valence-corrected chi connectivity index (χ4v) is 2.35. The van der Waals surface area contributed by atoms with Crippen molar-refractivity contribution >= 4 is 11.9 Å². The molecule has 22 heavy (non-hydrogen) atoms. The van der Waals surface area contributed by atoms with E-state index >= 15 is 0 Å². The zero-order valence-corrected chi connectivity index (χ0v) is 18.3. The van der Waals surface area contributed by atoms with Gasteiger partial charge in [-0.3, -0.25) is 9.59 Å². The number of rotatable bonds is 7. The normalized spacial score (nSPS) is 17.1. The molecule has 0 aromatic carbocycles. The SMILES string of the molecule is CC=CC(C=CC)(C(=O)O)C(C=CC)(C=CC)C(=O)O.[H-].[H-].[Na+].[Na+]. The summed E-state index contributed by atoms with van der Waals surface area (Å²) < 4.78 is 0. The molecule has 0 aliphatic carbocycles. The van der Waals surface area contributed by atoms with E-state index < -0.39 is 22.8 Å². The molecule has 0 saturated carbocycles. The first-order valence-electron chi connectivity index (χ1n) is 6.40. The van der Waals surface area contributed by atoms with Crippen molar-refractivity contribution in [2.75, 3.05) is 0 Å². The molecule has 0 heterocycles. The van der Waals surface area contributed by atoms with Gasteiger partial charge in [-0.15, -0.1) is 0 Å². The van der Waals surface area contributed by atoms with E-state index in [0.29, 0.717) is 0 Å². The van der Waals surface area contributed by atoms with Crippen molar-refractivity contribution in [3.8, 4) is 0 Å². The molecule has 0 aliphatic rings. The Morgan fingerprint density at radius 3 is 0.955 bits per heavy atom. The Hall–Kier alpha value is -0.1000. The van der Waals surface area contributed by atoms with Gasteiger partial charge >= 0.3 is 71.1 Å². The molecule has 0 aromatic heterocycles. The van der Waals surface area contributed by atoms with Crippen LogP contribution in [0.4, 0.5) is 0 Å². The van der Waals surface area contributed by atoms with Crippen molar-refractivity contribution in [1.29, 1.82) is 0 Å². The van der Waals surface area contributed by atoms with Crippen LogP contribution in [-0.4, -0.2) is 22.2 Å². The molecule has 0 amide bonds. The van der Waals surface area contributed by atoms with Gasteiger partial charge in [-0.25, -0.2) is 0 Å². The maximum atomic E-state index is 11.9. The first-order valence-corrected chi connectivity index (χ1v) is 6.40. The van der Waals surface area contributed by atoms with Crippen LogP contribution in [0.5, 0.6) is 0 Å². The molecule has 6 heteroatoms. The Balaban J connectivity index is -0.000000301. The summed E-state index contributed by atoms with van der Waals surface area (Å²) in [5.41, 5.74) is -3.36. The Labute approximate surface area is 179 Å². The predicted octanol–water partition coefficient (Wildman–Crippen LogP) is -2.33. The van der Waals surface area contributed by atoms with Crippen LogP contribution < -0.4 is 59.1 Å². The third-order valence-corrected chi connectivity index (χ3v) is 3.11. The summed E-state index contributed by atoms with van der Waals surface area (Å²) in [5, 5.41) is 19.4. The Kier molecular flexibility index (Phi) is 15.0. The van der Waals surface area contributed by atoms with Crippen LogP contribution in [0.3, 0.4) is 0 Å². The van der Waals surface area contributed by atoms with E-state index in [4.69, 9.17) is 0 Å². The third-order valence-electron chi connectivity index (χ3n) is 3.11. The minimum atomic E-state index is -1.68. The second kappa shape index (κ2) is 12.3. The number of hydrogen-bond acceptors (Lipinski definition) is 2. The summed E-state index contributed by atoms with van der Waals surface area (Å²) in [6.45, 7) is 6.66. The average Bonchev–Trinajstić information content (AvgIpc) is 2.37. The number of aliphatic carboxylic acids is 2. The molecule has 0 spiro atoms. The second-order valence-electron chi connectivity index (χ2n) is 4.35. The number of carboxylic acids is 2. The van der Waals surface area contributed by atoms with Gasteiger partial charge in [0.1, 0.15) is 10.8 Å². The van der Waals surface area contributed by atoms with Gasteiger partial charge in [0.25, 0.3) is 0 Å². The van der Waals surface area contributed by atoms with Gasteiger partial charge in [0.2, 0.25) is 0 Å². The topological polar surface area (TPSA) is 74.6 Å². The number of hydrogen-bond donors (Lipinski definition) is 2. The number of allylic oxidation sites excluding steroid dienone is 4. The third kappa shape index (κ3) is 5.22. The molecule has 0 bridgehead atoms. The van der Waals surface area contributed by atoms with Gasteiger partial charge in [-0.05, 0) is 27.7 Å². The molecule has 0 unspecified atom stereocenters. The zero-order valence-electron chi connectivity index (χ0n) is 16.3. The predicted molar refractivity (Wildman–Crippen MR) is 81.6 cm³/mol. The van der Waals surface area contributed by atoms with E-state index in [1.807, 2.05) is 0 Å². The Bertz CT molecular complexity index is 418. The molecule has 4 nitrogen and oxygen atoms in total. The van der Waals surface area contributed by atoms with Gasteiger partial charge in [0.05, 0.1) is 0 Å². The Morgan fingerprint density at radius 1 is 0.682 bits per heavy atom. The van der Waals surface area contributed by atoms with E-state index in [0.717, 1.165) is 0 Å². The van der Waals surface area contributed by atoms with E-state index in [-0.39, 0.29) is 62.0 Å². The van der Waals surface area contributed by atoms with E-state index in [1.165, 1.54) is 24.3 Å². The van der Waals surface area contributed by atoms with Crippen LogP contribution in [0.1, 0.15) is 30.5 Å². The summed E-state index contributed by atoms with van der Waals surface area (Å²) in [6, 6.07) is 0. The fraction of sp³-hybridized carbons (Fsp3) is 0.375. The van der Waals surface area contributed by atoms with Crippen LogP contribution in [0.2, 0.25) is 0 Å². The van der Waals surface area contributed by atoms with Crippen molar-refractivity contribution in [3.63, 3.8) is 0 Å². The molecule has 0 rings (SSSR count). The van der Waals surface area contributed by atoms with Gasteiger partial charge in [0, 0.05) is 0 Å². The summed E-state index contributed by atoms with van der Waals surface area (Å²) in [7, 11) is 0. The van der Waals surface area contributed by atoms with E-state index in [2.05, 4.69) is 0 Å². The number of carboxylic acid groups (broad SMARTS) is 2. The molecule has 0 fully saturated rings. The van der Waals surface area contributed by atoms with Gasteiger partial charge < -0.3 is 13.1 Å². The molecule has 0 aliphatic heterocycles. The minimum absolute atomic E-state index is 0. The average molecular weight is 326 g/mol. The van der Waals surface area contributed by atoms with Crippen molar-refractivity contribution in [1.82, 2.24) is 0 Å². The monoisotopic (exact) mass is 326 g/mol. The molecule has 0 aromatic rings. The maximum Gasteiger partial charge on any atom is 1.00 e. The quantitative estimate of drug-likeness (QED) is 0.406. The summed E-state index contributed by atoms with van der Waals surface area (Å²) in [6.07, 6.45) is 11.8. The molecule has 0 saturated heterocycles. The van der Waals surface area contributed by atoms with Crippen molar-refractivity contribution in [2.24, 2.45) is 10.8 Å². The Morgan fingerprint density at radius 2 is 0.864 bits per heavy atom. The van der Waals surface area contributed by atoms with Gasteiger partial charge in [-0.2, -0.15) is 0 Å². The zero-order chi connectivity index (χ0) is 15.8. The standard InChI is InChI=1S/C16H22O4.2Na.2H/c1-5-9-15(10-6-2,13(17)18)16(11-7-3,12-8-4)14(19)20;;;;/h5-12H,1-4H3,(H,17,18)(H,19,20);;;;/q;2*+1;2*-1. The van der Waals surface area contributed by atoms with Crippen LogP contribution in [0, 0.1) is 10.8 Å². The molecule has 0 radical (unpaired) electrons. The minimum Gasteiger partial charge on any atom is -1.00 e. The van der Waals surface area contributed by atoms with Crippen LogP contribution >= 0.6 is 0 Å². The smallest absolute Gasteiger partial charge is 1.00 e. The molecular weight excluding hydrogens is 302 g/mol. The molecule has 0 atom stereocenters. The van der Waals surface area contributed by atoms with Crippen LogP contribution in [0.15, 0.2) is 48.6 Å². The first-order chi connectivity index (χ1) is 9.38. The van der Waals surface area contributed by atoms with Crippen molar-refractivity contribution < 1.29 is 81.8 Å². The van der Waals surface area contributed by atoms with Crippen molar-refractivity contribution in [3.05, 3.63) is 48.6 Å². The fourth-order valence-electron chi connectivity index (χ4n) is 2.35. The summed E-state index contributed by atoms with van der Waals surface area (Å²) >= 11 is 0. The maximum absolute atomic E-state index is 11.9. The van der Waals surface area contributed by atoms with Crippen LogP contribution in [-0.2, 0) is 9.59 Å². The first kappa shape index (κ1) is 26.8. The molecule has 2 N–H and O–H groups in total. The van der Waals surface area contributed by atoms with E-state index in [9.17, 15) is 19.8 Å². The van der Waals surface area contributed by atoms with E-state index in [1.54, 1.807) is 52.0 Å². The second-order valence-corrected chi connectivity index (χ2v) is 4.35. The van der Waals surface area contributed by atoms with Gasteiger partial charge in [-0.1, -0.05) is 48.6 Å².